The van der Waals surface area contributed by atoms with Gasteiger partial charge in [-0.05, 0) is 19.4 Å². The van der Waals surface area contributed by atoms with Crippen LogP contribution in [0.3, 0.4) is 0 Å². The number of rotatable bonds is 7. The SMILES string of the molecule is CCOCCCNC(=NCc1ccnn1C)NN. The lowest BCUT2D eigenvalue weighted by atomic mass is 10.4. The third kappa shape index (κ3) is 5.15. The van der Waals surface area contributed by atoms with Crippen LogP contribution in [0.5, 0.6) is 0 Å². The topological polar surface area (TPSA) is 89.5 Å². The third-order valence-electron chi connectivity index (χ3n) is 2.42. The van der Waals surface area contributed by atoms with Crippen molar-refractivity contribution in [1.29, 1.82) is 0 Å². The number of nitrogens with two attached hydrogens (primary N) is 1. The van der Waals surface area contributed by atoms with E-state index in [1.54, 1.807) is 10.9 Å². The molecule has 4 N–H and O–H groups in total. The second-order valence-corrected chi connectivity index (χ2v) is 3.73. The average Bonchev–Trinajstić information content (AvgIpc) is 2.78. The van der Waals surface area contributed by atoms with E-state index in [2.05, 4.69) is 20.8 Å². The minimum absolute atomic E-state index is 0.536. The molecule has 0 aromatic carbocycles. The largest absolute Gasteiger partial charge is 0.382 e. The maximum absolute atomic E-state index is 5.39. The fourth-order valence-electron chi connectivity index (χ4n) is 1.39. The van der Waals surface area contributed by atoms with Crippen molar-refractivity contribution in [3.8, 4) is 0 Å². The van der Waals surface area contributed by atoms with E-state index in [1.165, 1.54) is 0 Å². The van der Waals surface area contributed by atoms with Crippen LogP contribution in [0.1, 0.15) is 19.0 Å². The Morgan fingerprint density at radius 3 is 3.06 bits per heavy atom. The second kappa shape index (κ2) is 8.48. The Balaban J connectivity index is 2.29. The lowest BCUT2D eigenvalue weighted by Gasteiger charge is -2.09. The zero-order valence-corrected chi connectivity index (χ0v) is 11.0. The molecule has 0 atom stereocenters. The van der Waals surface area contributed by atoms with E-state index in [1.807, 2.05) is 20.0 Å². The first-order valence-electron chi connectivity index (χ1n) is 6.07. The van der Waals surface area contributed by atoms with E-state index in [4.69, 9.17) is 10.6 Å². The lowest BCUT2D eigenvalue weighted by Crippen LogP contribution is -2.42. The highest BCUT2D eigenvalue weighted by Gasteiger charge is 1.99. The molecule has 0 saturated heterocycles. The van der Waals surface area contributed by atoms with Crippen molar-refractivity contribution in [1.82, 2.24) is 20.5 Å². The fourth-order valence-corrected chi connectivity index (χ4v) is 1.39. The molecule has 0 aliphatic rings. The third-order valence-corrected chi connectivity index (χ3v) is 2.42. The quantitative estimate of drug-likeness (QED) is 0.205. The molecule has 18 heavy (non-hydrogen) atoms. The van der Waals surface area contributed by atoms with Crippen LogP contribution in [-0.2, 0) is 18.3 Å². The van der Waals surface area contributed by atoms with Gasteiger partial charge in [0.05, 0.1) is 12.2 Å². The van der Waals surface area contributed by atoms with Gasteiger partial charge in [-0.2, -0.15) is 5.10 Å². The van der Waals surface area contributed by atoms with E-state index < -0.39 is 0 Å². The van der Waals surface area contributed by atoms with Crippen LogP contribution < -0.4 is 16.6 Å². The zero-order valence-electron chi connectivity index (χ0n) is 11.0. The van der Waals surface area contributed by atoms with Gasteiger partial charge in [-0.3, -0.25) is 10.1 Å². The standard InChI is InChI=1S/C11H22N6O/c1-3-18-8-4-6-13-11(16-12)14-9-10-5-7-15-17(10)2/h5,7H,3-4,6,8-9,12H2,1-2H3,(H2,13,14,16). The van der Waals surface area contributed by atoms with E-state index in [9.17, 15) is 0 Å². The lowest BCUT2D eigenvalue weighted by molar-refractivity contribution is 0.145. The Labute approximate surface area is 107 Å². The van der Waals surface area contributed by atoms with Crippen LogP contribution in [0.15, 0.2) is 17.3 Å². The molecule has 0 bridgehead atoms. The predicted molar refractivity (Wildman–Crippen MR) is 70.8 cm³/mol. The Morgan fingerprint density at radius 1 is 1.61 bits per heavy atom. The Hall–Kier alpha value is -1.60. The summed E-state index contributed by atoms with van der Waals surface area (Å²) in [4.78, 5) is 4.33. The maximum atomic E-state index is 5.39. The minimum Gasteiger partial charge on any atom is -0.382 e. The fraction of sp³-hybridized carbons (Fsp3) is 0.636. The molecule has 102 valence electrons. The number of aliphatic imine (C=N–C) groups is 1. The molecule has 7 heteroatoms. The van der Waals surface area contributed by atoms with E-state index in [-0.39, 0.29) is 0 Å². The highest BCUT2D eigenvalue weighted by molar-refractivity contribution is 5.79. The summed E-state index contributed by atoms with van der Waals surface area (Å²) < 4.78 is 7.02. The van der Waals surface area contributed by atoms with Crippen LogP contribution in [0.4, 0.5) is 0 Å². The van der Waals surface area contributed by atoms with Gasteiger partial charge in [-0.25, -0.2) is 10.8 Å². The molecule has 1 rings (SSSR count). The number of hydrogen-bond acceptors (Lipinski definition) is 4. The van der Waals surface area contributed by atoms with Crippen LogP contribution in [0, 0.1) is 0 Å². The molecule has 1 aromatic rings. The van der Waals surface area contributed by atoms with Gasteiger partial charge in [0.1, 0.15) is 0 Å². The van der Waals surface area contributed by atoms with Gasteiger partial charge >= 0.3 is 0 Å². The molecule has 7 nitrogen and oxygen atoms in total. The number of guanidine groups is 1. The molecule has 0 unspecified atom stereocenters. The first kappa shape index (κ1) is 14.5. The van der Waals surface area contributed by atoms with E-state index in [0.29, 0.717) is 12.5 Å². The molecular formula is C11H22N6O. The second-order valence-electron chi connectivity index (χ2n) is 3.73. The van der Waals surface area contributed by atoms with Crippen LogP contribution >= 0.6 is 0 Å². The summed E-state index contributed by atoms with van der Waals surface area (Å²) in [6, 6.07) is 1.92. The highest BCUT2D eigenvalue weighted by atomic mass is 16.5. The van der Waals surface area contributed by atoms with Crippen molar-refractivity contribution in [3.63, 3.8) is 0 Å². The first-order valence-corrected chi connectivity index (χ1v) is 6.07. The van der Waals surface area contributed by atoms with E-state index in [0.717, 1.165) is 31.9 Å². The van der Waals surface area contributed by atoms with Crippen LogP contribution in [0.2, 0.25) is 0 Å². The molecule has 0 spiro atoms. The molecule has 1 heterocycles. The normalized spacial score (nSPS) is 11.6. The average molecular weight is 254 g/mol. The monoisotopic (exact) mass is 254 g/mol. The summed E-state index contributed by atoms with van der Waals surface area (Å²) in [6.07, 6.45) is 2.66. The molecular weight excluding hydrogens is 232 g/mol. The molecule has 1 aromatic heterocycles. The van der Waals surface area contributed by atoms with Crippen molar-refractivity contribution in [2.24, 2.45) is 17.9 Å². The number of nitrogens with zero attached hydrogens (tertiary/aromatic N) is 3. The van der Waals surface area contributed by atoms with Crippen molar-refractivity contribution in [2.45, 2.75) is 19.9 Å². The zero-order chi connectivity index (χ0) is 13.2. The molecule has 0 aliphatic carbocycles. The van der Waals surface area contributed by atoms with Gasteiger partial charge in [-0.1, -0.05) is 0 Å². The Morgan fingerprint density at radius 2 is 2.44 bits per heavy atom. The number of hydrazine groups is 1. The summed E-state index contributed by atoms with van der Waals surface area (Å²) in [5.41, 5.74) is 3.57. The first-order chi connectivity index (χ1) is 8.77. The number of aromatic nitrogens is 2. The van der Waals surface area contributed by atoms with Crippen LogP contribution in [-0.4, -0.2) is 35.5 Å². The summed E-state index contributed by atoms with van der Waals surface area (Å²) in [5, 5.41) is 7.19. The van der Waals surface area contributed by atoms with Crippen molar-refractivity contribution in [2.75, 3.05) is 19.8 Å². The molecule has 0 saturated carbocycles. The smallest absolute Gasteiger partial charge is 0.206 e. The predicted octanol–water partition coefficient (Wildman–Crippen LogP) is -0.244. The molecule has 0 amide bonds. The number of hydrogen-bond donors (Lipinski definition) is 3. The van der Waals surface area contributed by atoms with Crippen molar-refractivity contribution >= 4 is 5.96 Å². The molecule has 0 radical (unpaired) electrons. The summed E-state index contributed by atoms with van der Waals surface area (Å²) >= 11 is 0. The van der Waals surface area contributed by atoms with Gasteiger partial charge in [0.15, 0.2) is 0 Å². The highest BCUT2D eigenvalue weighted by Crippen LogP contribution is 1.97. The molecule has 0 fully saturated rings. The minimum atomic E-state index is 0.536. The van der Waals surface area contributed by atoms with E-state index >= 15 is 0 Å². The van der Waals surface area contributed by atoms with Gasteiger partial charge in [0, 0.05) is 33.0 Å². The van der Waals surface area contributed by atoms with Gasteiger partial charge in [-0.15, -0.1) is 0 Å². The van der Waals surface area contributed by atoms with Gasteiger partial charge < -0.3 is 10.1 Å². The van der Waals surface area contributed by atoms with Gasteiger partial charge in [0.25, 0.3) is 0 Å². The van der Waals surface area contributed by atoms with Crippen LogP contribution in [0.25, 0.3) is 0 Å². The number of aryl methyl sites for hydroxylation is 1. The Bertz CT molecular complexity index is 362. The summed E-state index contributed by atoms with van der Waals surface area (Å²) in [5.74, 6) is 5.97. The van der Waals surface area contributed by atoms with Gasteiger partial charge in [0.2, 0.25) is 5.96 Å². The number of nitrogens with one attached hydrogen (secondary N) is 2. The van der Waals surface area contributed by atoms with Crippen molar-refractivity contribution in [3.05, 3.63) is 18.0 Å². The van der Waals surface area contributed by atoms with Crippen molar-refractivity contribution < 1.29 is 4.74 Å². The molecule has 0 aliphatic heterocycles. The number of ether oxygens (including phenoxy) is 1. The Kier molecular flexibility index (Phi) is 6.82. The maximum Gasteiger partial charge on any atom is 0.206 e. The summed E-state index contributed by atoms with van der Waals surface area (Å²) in [6.45, 7) is 4.78. The summed E-state index contributed by atoms with van der Waals surface area (Å²) in [7, 11) is 1.88.